The smallest absolute Gasteiger partial charge is 0.314 e. The number of aliphatic hydroxyl groups excluding tert-OH is 5. The second kappa shape index (κ2) is 17.3. The first-order valence-electron chi connectivity index (χ1n) is 16.4. The molecule has 2 fully saturated rings. The van der Waals surface area contributed by atoms with Crippen LogP contribution in [0.5, 0.6) is 5.75 Å². The third-order valence-electron chi connectivity index (χ3n) is 8.77. The van der Waals surface area contributed by atoms with Gasteiger partial charge in [0.1, 0.15) is 30.2 Å². The van der Waals surface area contributed by atoms with Crippen LogP contribution >= 0.6 is 23.2 Å². The van der Waals surface area contributed by atoms with Gasteiger partial charge in [0.05, 0.1) is 38.1 Å². The van der Waals surface area contributed by atoms with E-state index in [9.17, 15) is 25.2 Å². The maximum atomic E-state index is 12.1. The van der Waals surface area contributed by atoms with Gasteiger partial charge < -0.3 is 50.4 Å². The molecular weight excluding hydrogens is 677 g/mol. The van der Waals surface area contributed by atoms with Gasteiger partial charge in [0.25, 0.3) is 0 Å². The fourth-order valence-corrected chi connectivity index (χ4v) is 6.11. The molecule has 1 aliphatic carbocycles. The highest BCUT2D eigenvalue weighted by Gasteiger charge is 2.48. The molecule has 2 aromatic carbocycles. The van der Waals surface area contributed by atoms with Gasteiger partial charge in [0.15, 0.2) is 0 Å². The lowest BCUT2D eigenvalue weighted by molar-refractivity contribution is -0.113. The van der Waals surface area contributed by atoms with E-state index < -0.39 is 42.7 Å². The fraction of sp³-hybridized carbons (Fsp3) is 0.486. The van der Waals surface area contributed by atoms with Crippen LogP contribution in [-0.2, 0) is 28.1 Å². The molecule has 2 amide bonds. The Morgan fingerprint density at radius 3 is 2.39 bits per heavy atom. The molecule has 7 N–H and O–H groups in total. The Balaban J connectivity index is 1.10. The van der Waals surface area contributed by atoms with E-state index in [-0.39, 0.29) is 19.3 Å². The minimum atomic E-state index is -1.76. The number of unbranched alkanes of at least 4 members (excludes halogenated alkanes) is 1. The Morgan fingerprint density at radius 2 is 1.67 bits per heavy atom. The number of urea groups is 1. The van der Waals surface area contributed by atoms with Crippen LogP contribution in [0.1, 0.15) is 42.4 Å². The molecule has 0 unspecified atom stereocenters. The average molecular weight is 721 g/mol. The number of hydrogen-bond acceptors (Lipinski definition) is 10. The Hall–Kier alpha value is -3.04. The molecule has 0 radical (unpaired) electrons. The first kappa shape index (κ1) is 37.2. The molecule has 1 saturated heterocycles. The number of carbonyl (C=O) groups is 1. The van der Waals surface area contributed by atoms with Crippen LogP contribution in [0.15, 0.2) is 54.9 Å². The topological polar surface area (TPSA) is 183 Å². The number of nitrogens with zero attached hydrogens (tertiary/aromatic N) is 1. The van der Waals surface area contributed by atoms with Crippen LogP contribution in [0, 0.1) is 0 Å². The molecule has 1 saturated carbocycles. The number of hydrogen-bond donors (Lipinski definition) is 7. The first-order chi connectivity index (χ1) is 23.6. The zero-order chi connectivity index (χ0) is 35.0. The normalized spacial score (nSPS) is 17.8. The summed E-state index contributed by atoms with van der Waals surface area (Å²) >= 11 is 13.4. The number of aryl methyl sites for hydroxylation is 1. The Kier molecular flexibility index (Phi) is 13.1. The summed E-state index contributed by atoms with van der Waals surface area (Å²) in [6, 6.07) is 13.1. The molecular formula is C35H43Cl2N3O9. The Morgan fingerprint density at radius 1 is 0.959 bits per heavy atom. The quantitative estimate of drug-likeness (QED) is 0.0965. The van der Waals surface area contributed by atoms with Gasteiger partial charge in [-0.2, -0.15) is 0 Å². The Bertz CT molecular complexity index is 1560. The molecule has 49 heavy (non-hydrogen) atoms. The molecule has 1 aromatic heterocycles. The molecule has 3 aromatic rings. The molecule has 12 nitrogen and oxygen atoms in total. The second-order valence-corrected chi connectivity index (χ2v) is 13.2. The lowest BCUT2D eigenvalue weighted by Crippen LogP contribution is -2.50. The summed E-state index contributed by atoms with van der Waals surface area (Å²) in [7, 11) is 0. The zero-order valence-electron chi connectivity index (χ0n) is 26.9. The van der Waals surface area contributed by atoms with Crippen molar-refractivity contribution in [2.24, 2.45) is 0 Å². The summed E-state index contributed by atoms with van der Waals surface area (Å²) in [4.78, 5) is 16.5. The molecule has 0 bridgehead atoms. The zero-order valence-corrected chi connectivity index (χ0v) is 28.4. The molecule has 4 atom stereocenters. The SMILES string of the molecule is O=C(NCCCCc1cc(Cl)c(COC2(c3cnccc3-c3ccccc3OC3COC3)CC2)cc1Cl)NC[C@H](O)[C@@H](O)[C@H](O)[C@H](O)CO. The number of benzene rings is 2. The lowest BCUT2D eigenvalue weighted by atomic mass is 9.96. The minimum Gasteiger partial charge on any atom is -0.485 e. The molecule has 0 spiro atoms. The maximum Gasteiger partial charge on any atom is 0.314 e. The predicted octanol–water partition coefficient (Wildman–Crippen LogP) is 3.10. The highest BCUT2D eigenvalue weighted by atomic mass is 35.5. The minimum absolute atomic E-state index is 0.0434. The number of carbonyl (C=O) groups excluding carboxylic acids is 1. The van der Waals surface area contributed by atoms with Gasteiger partial charge in [-0.25, -0.2) is 4.79 Å². The second-order valence-electron chi connectivity index (χ2n) is 12.4. The van der Waals surface area contributed by atoms with Crippen LogP contribution in [0.3, 0.4) is 0 Å². The number of ether oxygens (including phenoxy) is 3. The van der Waals surface area contributed by atoms with E-state index in [0.29, 0.717) is 49.1 Å². The third kappa shape index (κ3) is 9.60. The predicted molar refractivity (Wildman–Crippen MR) is 183 cm³/mol. The maximum absolute atomic E-state index is 12.1. The van der Waals surface area contributed by atoms with Crippen molar-refractivity contribution in [3.05, 3.63) is 81.6 Å². The first-order valence-corrected chi connectivity index (χ1v) is 17.1. The highest BCUT2D eigenvalue weighted by Crippen LogP contribution is 2.53. The van der Waals surface area contributed by atoms with Gasteiger partial charge in [-0.05, 0) is 73.1 Å². The summed E-state index contributed by atoms with van der Waals surface area (Å²) in [5.41, 5.74) is 4.17. The largest absolute Gasteiger partial charge is 0.485 e. The van der Waals surface area contributed by atoms with Crippen LogP contribution in [0.4, 0.5) is 4.79 Å². The number of para-hydroxylation sites is 1. The van der Waals surface area contributed by atoms with Crippen LogP contribution < -0.4 is 15.4 Å². The van der Waals surface area contributed by atoms with Crippen LogP contribution in [0.2, 0.25) is 10.0 Å². The van der Waals surface area contributed by atoms with E-state index in [1.807, 2.05) is 48.7 Å². The van der Waals surface area contributed by atoms with Gasteiger partial charge in [-0.3, -0.25) is 4.98 Å². The standard InChI is InChI=1S/C35H43Cl2N3O9/c36-27-14-22(28(37)13-21(27)5-3-4-11-39-34(46)40-16-29(42)32(44)33(45)30(43)17-41)18-48-35(9-10-35)26-15-38-12-8-24(26)25-6-1-2-7-31(25)49-23-19-47-20-23/h1-2,6-8,12-15,23,29-30,32-33,41-45H,3-5,9-11,16-20H2,(H2,39,40,46)/t29-,30+,32+,33+/m0/s1. The number of aliphatic hydroxyl groups is 5. The van der Waals surface area contributed by atoms with Gasteiger partial charge in [-0.15, -0.1) is 0 Å². The molecule has 5 rings (SSSR count). The van der Waals surface area contributed by atoms with E-state index in [1.54, 1.807) is 6.20 Å². The number of pyridine rings is 1. The van der Waals surface area contributed by atoms with Crippen molar-refractivity contribution in [1.82, 2.24) is 15.6 Å². The average Bonchev–Trinajstić information content (AvgIpc) is 3.89. The summed E-state index contributed by atoms with van der Waals surface area (Å²) < 4.78 is 18.1. The van der Waals surface area contributed by atoms with Crippen molar-refractivity contribution in [2.45, 2.75) is 74.8 Å². The van der Waals surface area contributed by atoms with Gasteiger partial charge >= 0.3 is 6.03 Å². The summed E-state index contributed by atoms with van der Waals surface area (Å²) in [6.07, 6.45) is 0.705. The number of nitrogens with one attached hydrogen (secondary N) is 2. The van der Waals surface area contributed by atoms with Crippen molar-refractivity contribution < 1.29 is 44.5 Å². The van der Waals surface area contributed by atoms with Crippen LogP contribution in [-0.4, -0.2) is 100.0 Å². The number of amides is 2. The van der Waals surface area contributed by atoms with E-state index in [0.717, 1.165) is 46.4 Å². The Labute approximate surface area is 295 Å². The van der Waals surface area contributed by atoms with E-state index in [1.165, 1.54) is 0 Å². The lowest BCUT2D eigenvalue weighted by Gasteiger charge is -2.28. The molecule has 14 heteroatoms. The molecule has 2 heterocycles. The van der Waals surface area contributed by atoms with Crippen molar-refractivity contribution in [3.63, 3.8) is 0 Å². The monoisotopic (exact) mass is 719 g/mol. The van der Waals surface area contributed by atoms with E-state index >= 15 is 0 Å². The van der Waals surface area contributed by atoms with Gasteiger partial charge in [-0.1, -0.05) is 41.4 Å². The molecule has 266 valence electrons. The van der Waals surface area contributed by atoms with Crippen molar-refractivity contribution in [3.8, 4) is 16.9 Å². The third-order valence-corrected chi connectivity index (χ3v) is 9.47. The van der Waals surface area contributed by atoms with E-state index in [4.69, 9.17) is 42.5 Å². The van der Waals surface area contributed by atoms with Crippen molar-refractivity contribution in [1.29, 1.82) is 0 Å². The number of rotatable bonds is 18. The van der Waals surface area contributed by atoms with Crippen molar-refractivity contribution >= 4 is 29.2 Å². The van der Waals surface area contributed by atoms with E-state index in [2.05, 4.69) is 15.6 Å². The summed E-state index contributed by atoms with van der Waals surface area (Å²) in [5.74, 6) is 0.800. The summed E-state index contributed by atoms with van der Waals surface area (Å²) in [5, 5.41) is 53.9. The number of halogens is 2. The summed E-state index contributed by atoms with van der Waals surface area (Å²) in [6.45, 7) is 0.633. The molecule has 1 aliphatic heterocycles. The van der Waals surface area contributed by atoms with Gasteiger partial charge in [0, 0.05) is 46.7 Å². The van der Waals surface area contributed by atoms with Gasteiger partial charge in [0.2, 0.25) is 0 Å². The van der Waals surface area contributed by atoms with Crippen LogP contribution in [0.25, 0.3) is 11.1 Å². The molecule has 2 aliphatic rings. The fourth-order valence-electron chi connectivity index (χ4n) is 5.58. The highest BCUT2D eigenvalue weighted by molar-refractivity contribution is 6.34. The van der Waals surface area contributed by atoms with Crippen molar-refractivity contribution in [2.75, 3.05) is 32.9 Å². The number of aromatic nitrogens is 1.